The van der Waals surface area contributed by atoms with E-state index in [4.69, 9.17) is 9.15 Å². The highest BCUT2D eigenvalue weighted by Gasteiger charge is 2.34. The summed E-state index contributed by atoms with van der Waals surface area (Å²) in [5, 5.41) is 1.13. The van der Waals surface area contributed by atoms with Crippen LogP contribution in [0.1, 0.15) is 24.3 Å². The summed E-state index contributed by atoms with van der Waals surface area (Å²) in [5.74, 6) is 2.44. The molecule has 0 radical (unpaired) electrons. The smallest absolute Gasteiger partial charge is 0.257 e. The van der Waals surface area contributed by atoms with E-state index >= 15 is 0 Å². The molecule has 0 unspecified atom stereocenters. The molecule has 0 aromatic carbocycles. The summed E-state index contributed by atoms with van der Waals surface area (Å²) < 4.78 is 14.0. The molecular weight excluding hydrogens is 282 g/mol. The molecule has 1 aliphatic heterocycles. The van der Waals surface area contributed by atoms with Crippen LogP contribution < -0.4 is 9.30 Å². The molecule has 0 N–H and O–H groups in total. The van der Waals surface area contributed by atoms with Crippen molar-refractivity contribution in [1.29, 1.82) is 0 Å². The Morgan fingerprint density at radius 3 is 2.90 bits per heavy atom. The number of hydrogen-bond donors (Lipinski definition) is 0. The third kappa shape index (κ3) is 1.75. The molecule has 3 aromatic heterocycles. The molecule has 0 saturated carbocycles. The molecule has 1 aliphatic rings. The number of aromatic nitrogens is 1. The molecule has 0 atom stereocenters. The molecule has 0 spiro atoms. The third-order valence-electron chi connectivity index (χ3n) is 4.01. The fourth-order valence-electron chi connectivity index (χ4n) is 3.13. The Hall–Kier alpha value is -1.81. The predicted molar refractivity (Wildman–Crippen MR) is 84.1 cm³/mol. The highest BCUT2D eigenvalue weighted by molar-refractivity contribution is 7.19. The van der Waals surface area contributed by atoms with Crippen molar-refractivity contribution in [3.05, 3.63) is 29.0 Å². The van der Waals surface area contributed by atoms with Gasteiger partial charge in [-0.1, -0.05) is 13.8 Å². The average molecular weight is 300 g/mol. The van der Waals surface area contributed by atoms with E-state index in [0.717, 1.165) is 28.2 Å². The number of thiophene rings is 1. The zero-order chi connectivity index (χ0) is 14.7. The predicted octanol–water partition coefficient (Wildman–Crippen LogP) is 4.60. The van der Waals surface area contributed by atoms with Crippen molar-refractivity contribution < 1.29 is 13.7 Å². The van der Waals surface area contributed by atoms with Gasteiger partial charge in [-0.3, -0.25) is 0 Å². The number of pyridine rings is 1. The second-order valence-corrected chi connectivity index (χ2v) is 7.31. The van der Waals surface area contributed by atoms with Gasteiger partial charge in [0, 0.05) is 16.5 Å². The second kappa shape index (κ2) is 4.34. The summed E-state index contributed by atoms with van der Waals surface area (Å²) in [7, 11) is 2.08. The van der Waals surface area contributed by atoms with Crippen LogP contribution in [-0.2, 0) is 13.5 Å². The minimum atomic E-state index is 0.597. The fraction of sp³-hybridized carbons (Fsp3) is 0.353. The van der Waals surface area contributed by atoms with E-state index < -0.39 is 0 Å². The molecule has 0 bridgehead atoms. The Kier molecular flexibility index (Phi) is 2.67. The maximum absolute atomic E-state index is 6.21. The van der Waals surface area contributed by atoms with Crippen LogP contribution in [0.4, 0.5) is 0 Å². The summed E-state index contributed by atoms with van der Waals surface area (Å²) in [6.45, 7) is 6.63. The fourth-order valence-corrected chi connectivity index (χ4v) is 4.11. The van der Waals surface area contributed by atoms with Gasteiger partial charge >= 0.3 is 0 Å². The molecule has 3 aromatic rings. The SMILES string of the molecule is Cc1sc2occ3c2c1-c1c(c(CC(C)C)cc[n+]1C)O3. The van der Waals surface area contributed by atoms with Crippen molar-refractivity contribution in [3.8, 4) is 22.8 Å². The zero-order valence-electron chi connectivity index (χ0n) is 12.7. The van der Waals surface area contributed by atoms with Gasteiger partial charge in [-0.2, -0.15) is 4.57 Å². The second-order valence-electron chi connectivity index (χ2n) is 6.13. The van der Waals surface area contributed by atoms with Crippen molar-refractivity contribution in [1.82, 2.24) is 0 Å². The molecule has 3 nitrogen and oxygen atoms in total. The summed E-state index contributed by atoms with van der Waals surface area (Å²) in [5.41, 5.74) is 3.71. The normalized spacial score (nSPS) is 12.8. The maximum atomic E-state index is 6.21. The van der Waals surface area contributed by atoms with Crippen molar-refractivity contribution in [2.75, 3.05) is 0 Å². The highest BCUT2D eigenvalue weighted by Crippen LogP contribution is 2.51. The molecular formula is C17H18NO2S+. The van der Waals surface area contributed by atoms with E-state index in [1.54, 1.807) is 17.6 Å². The van der Waals surface area contributed by atoms with E-state index in [0.29, 0.717) is 5.92 Å². The van der Waals surface area contributed by atoms with Crippen LogP contribution in [0, 0.1) is 12.8 Å². The Bertz CT molecular complexity index is 857. The number of fused-ring (bicyclic) bond motifs is 2. The van der Waals surface area contributed by atoms with Gasteiger partial charge in [0.1, 0.15) is 13.3 Å². The minimum Gasteiger partial charge on any atom is -0.450 e. The summed E-state index contributed by atoms with van der Waals surface area (Å²) in [6, 6.07) is 2.17. The van der Waals surface area contributed by atoms with Gasteiger partial charge in [0.05, 0.1) is 10.9 Å². The first-order valence-electron chi connectivity index (χ1n) is 7.26. The molecule has 0 fully saturated rings. The first-order chi connectivity index (χ1) is 10.1. The van der Waals surface area contributed by atoms with Crippen molar-refractivity contribution in [2.45, 2.75) is 27.2 Å². The van der Waals surface area contributed by atoms with E-state index in [1.165, 1.54) is 21.7 Å². The van der Waals surface area contributed by atoms with Gasteiger partial charge in [0.2, 0.25) is 5.75 Å². The van der Waals surface area contributed by atoms with Crippen LogP contribution in [0.3, 0.4) is 0 Å². The quantitative estimate of drug-likeness (QED) is 0.506. The van der Waals surface area contributed by atoms with E-state index in [1.807, 2.05) is 0 Å². The van der Waals surface area contributed by atoms with Crippen LogP contribution in [-0.4, -0.2) is 0 Å². The molecule has 0 amide bonds. The Morgan fingerprint density at radius 2 is 2.14 bits per heavy atom. The minimum absolute atomic E-state index is 0.597. The topological polar surface area (TPSA) is 26.2 Å². The van der Waals surface area contributed by atoms with Gasteiger partial charge in [-0.05, 0) is 19.3 Å². The number of furan rings is 1. The number of nitrogens with zero attached hydrogens (tertiary/aromatic N) is 1. The highest BCUT2D eigenvalue weighted by atomic mass is 32.1. The van der Waals surface area contributed by atoms with Crippen LogP contribution in [0.25, 0.3) is 21.5 Å². The number of rotatable bonds is 2. The van der Waals surface area contributed by atoms with Gasteiger partial charge in [0.15, 0.2) is 16.8 Å². The summed E-state index contributed by atoms with van der Waals surface area (Å²) in [4.78, 5) is 2.24. The van der Waals surface area contributed by atoms with Gasteiger partial charge in [-0.25, -0.2) is 0 Å². The van der Waals surface area contributed by atoms with Crippen molar-refractivity contribution >= 4 is 21.6 Å². The third-order valence-corrected chi connectivity index (χ3v) is 5.00. The molecule has 0 aliphatic carbocycles. The number of aryl methyl sites for hydroxylation is 2. The van der Waals surface area contributed by atoms with E-state index in [2.05, 4.69) is 44.6 Å². The lowest BCUT2D eigenvalue weighted by atomic mass is 9.97. The first-order valence-corrected chi connectivity index (χ1v) is 8.08. The summed E-state index contributed by atoms with van der Waals surface area (Å²) in [6.07, 6.45) is 4.88. The van der Waals surface area contributed by atoms with E-state index in [-0.39, 0.29) is 0 Å². The number of hydrogen-bond acceptors (Lipinski definition) is 3. The van der Waals surface area contributed by atoms with E-state index in [9.17, 15) is 0 Å². The van der Waals surface area contributed by atoms with Crippen LogP contribution in [0.15, 0.2) is 22.9 Å². The molecule has 4 rings (SSSR count). The van der Waals surface area contributed by atoms with Crippen LogP contribution in [0.2, 0.25) is 0 Å². The van der Waals surface area contributed by atoms with Gasteiger partial charge < -0.3 is 9.15 Å². The van der Waals surface area contributed by atoms with Gasteiger partial charge in [-0.15, -0.1) is 11.3 Å². The Labute approximate surface area is 127 Å². The van der Waals surface area contributed by atoms with Crippen molar-refractivity contribution in [2.24, 2.45) is 13.0 Å². The molecule has 0 saturated heterocycles. The Balaban J connectivity index is 2.05. The monoisotopic (exact) mass is 300 g/mol. The maximum Gasteiger partial charge on any atom is 0.257 e. The lowest BCUT2D eigenvalue weighted by Crippen LogP contribution is -2.32. The standard InChI is InChI=1S/C17H18NO2S/c1-9(2)7-11-5-6-18(4)15-13-10(3)21-17-14(13)12(8-19-17)20-16(11)15/h5-6,8-9H,7H2,1-4H3/q+1. The van der Waals surface area contributed by atoms with Crippen molar-refractivity contribution in [3.63, 3.8) is 0 Å². The first kappa shape index (κ1) is 12.9. The number of ether oxygens (including phenoxy) is 1. The lowest BCUT2D eigenvalue weighted by molar-refractivity contribution is -0.660. The van der Waals surface area contributed by atoms with Gasteiger partial charge in [0.25, 0.3) is 5.69 Å². The van der Waals surface area contributed by atoms with Crippen LogP contribution in [0.5, 0.6) is 11.5 Å². The molecule has 108 valence electrons. The molecule has 4 heterocycles. The zero-order valence-corrected chi connectivity index (χ0v) is 13.5. The molecule has 21 heavy (non-hydrogen) atoms. The average Bonchev–Trinajstić information content (AvgIpc) is 2.97. The van der Waals surface area contributed by atoms with Crippen LogP contribution >= 0.6 is 11.3 Å². The Morgan fingerprint density at radius 1 is 1.33 bits per heavy atom. The molecule has 4 heteroatoms. The largest absolute Gasteiger partial charge is 0.450 e. The summed E-state index contributed by atoms with van der Waals surface area (Å²) >= 11 is 1.70. The lowest BCUT2D eigenvalue weighted by Gasteiger charge is -2.17.